The maximum atomic E-state index is 13.6. The van der Waals surface area contributed by atoms with Crippen molar-refractivity contribution in [2.75, 3.05) is 13.7 Å². The summed E-state index contributed by atoms with van der Waals surface area (Å²) in [5.41, 5.74) is 3.55. The van der Waals surface area contributed by atoms with Crippen molar-refractivity contribution < 1.29 is 23.8 Å². The van der Waals surface area contributed by atoms with Gasteiger partial charge in [-0.25, -0.2) is 4.79 Å². The molecule has 1 aliphatic heterocycles. The molecule has 4 rings (SSSR count). The molecule has 6 nitrogen and oxygen atoms in total. The van der Waals surface area contributed by atoms with Crippen LogP contribution in [0.15, 0.2) is 76.1 Å². The van der Waals surface area contributed by atoms with Crippen molar-refractivity contribution in [1.29, 1.82) is 0 Å². The molecule has 0 spiro atoms. The van der Waals surface area contributed by atoms with Crippen LogP contribution in [-0.2, 0) is 20.9 Å². The van der Waals surface area contributed by atoms with E-state index >= 15 is 0 Å². The number of rotatable bonds is 10. The van der Waals surface area contributed by atoms with Gasteiger partial charge in [-0.2, -0.15) is 0 Å². The zero-order valence-electron chi connectivity index (χ0n) is 21.8. The van der Waals surface area contributed by atoms with Gasteiger partial charge in [0.15, 0.2) is 17.5 Å². The Balaban J connectivity index is 1.60. The van der Waals surface area contributed by atoms with E-state index in [4.69, 9.17) is 26.4 Å². The van der Waals surface area contributed by atoms with E-state index < -0.39 is 12.0 Å². The third-order valence-electron chi connectivity index (χ3n) is 5.88. The number of benzene rings is 3. The van der Waals surface area contributed by atoms with Gasteiger partial charge < -0.3 is 14.2 Å². The van der Waals surface area contributed by atoms with E-state index in [1.807, 2.05) is 56.3 Å². The van der Waals surface area contributed by atoms with Crippen molar-refractivity contribution in [3.05, 3.63) is 98.4 Å². The summed E-state index contributed by atoms with van der Waals surface area (Å²) in [5.74, 6) is 0.206. The fourth-order valence-electron chi connectivity index (χ4n) is 4.08. The molecule has 1 amide bonds. The van der Waals surface area contributed by atoms with E-state index in [2.05, 4.69) is 22.0 Å². The molecule has 202 valence electrons. The summed E-state index contributed by atoms with van der Waals surface area (Å²) in [5, 5.41) is 0. The molecule has 0 radical (unpaired) electrons. The largest absolute Gasteiger partial charge is 0.493 e. The number of thioether (sulfide) groups is 1. The highest BCUT2D eigenvalue weighted by Crippen LogP contribution is 2.41. The van der Waals surface area contributed by atoms with Crippen LogP contribution in [0.1, 0.15) is 41.6 Å². The van der Waals surface area contributed by atoms with Gasteiger partial charge in [-0.3, -0.25) is 9.69 Å². The molecule has 0 aliphatic carbocycles. The van der Waals surface area contributed by atoms with Gasteiger partial charge in [-0.05, 0) is 64.2 Å². The molecule has 0 N–H and O–H groups in total. The molecule has 0 saturated carbocycles. The maximum Gasteiger partial charge on any atom is 0.333 e. The first-order chi connectivity index (χ1) is 18.8. The Morgan fingerprint density at radius 1 is 1.13 bits per heavy atom. The number of hydrogen-bond acceptors (Lipinski definition) is 7. The summed E-state index contributed by atoms with van der Waals surface area (Å²) in [6.07, 6.45) is 2.41. The Bertz CT molecular complexity index is 1410. The third-order valence-corrected chi connectivity index (χ3v) is 7.80. The van der Waals surface area contributed by atoms with E-state index in [1.165, 1.54) is 4.90 Å². The lowest BCUT2D eigenvalue weighted by Crippen LogP contribution is -2.38. The van der Waals surface area contributed by atoms with E-state index in [0.29, 0.717) is 45.0 Å². The highest BCUT2D eigenvalue weighted by Gasteiger charge is 2.42. The van der Waals surface area contributed by atoms with Crippen molar-refractivity contribution in [2.45, 2.75) is 32.9 Å². The summed E-state index contributed by atoms with van der Waals surface area (Å²) in [4.78, 5) is 28.4. The molecule has 39 heavy (non-hydrogen) atoms. The summed E-state index contributed by atoms with van der Waals surface area (Å²) in [6, 6.07) is 19.8. The molecule has 1 aliphatic rings. The highest BCUT2D eigenvalue weighted by molar-refractivity contribution is 9.10. The number of amides is 1. The molecule has 1 atom stereocenters. The first-order valence-electron chi connectivity index (χ1n) is 12.4. The van der Waals surface area contributed by atoms with Crippen molar-refractivity contribution in [1.82, 2.24) is 4.90 Å². The Morgan fingerprint density at radius 3 is 2.59 bits per heavy atom. The molecule has 1 saturated heterocycles. The number of nitrogens with zero attached hydrogens (tertiary/aromatic N) is 1. The van der Waals surface area contributed by atoms with Crippen LogP contribution in [0.25, 0.3) is 6.08 Å². The smallest absolute Gasteiger partial charge is 0.333 e. The van der Waals surface area contributed by atoms with Crippen molar-refractivity contribution in [3.63, 3.8) is 0 Å². The highest BCUT2D eigenvalue weighted by atomic mass is 79.9. The Hall–Kier alpha value is -3.14. The summed E-state index contributed by atoms with van der Waals surface area (Å²) in [6.45, 7) is 4.59. The van der Waals surface area contributed by atoms with Crippen LogP contribution >= 0.6 is 39.9 Å². The van der Waals surface area contributed by atoms with Crippen LogP contribution in [0, 0.1) is 6.92 Å². The number of carbonyl (C=O) groups excluding carboxylic acids is 2. The van der Waals surface area contributed by atoms with Crippen LogP contribution in [-0.4, -0.2) is 34.8 Å². The fourth-order valence-corrected chi connectivity index (χ4v) is 5.97. The molecule has 3 aromatic carbocycles. The first kappa shape index (κ1) is 28.9. The van der Waals surface area contributed by atoms with Gasteiger partial charge in [0, 0.05) is 0 Å². The van der Waals surface area contributed by atoms with Gasteiger partial charge in [0.2, 0.25) is 0 Å². The van der Waals surface area contributed by atoms with Gasteiger partial charge in [-0.15, -0.1) is 0 Å². The van der Waals surface area contributed by atoms with Crippen LogP contribution in [0.5, 0.6) is 11.5 Å². The van der Waals surface area contributed by atoms with Crippen LogP contribution in [0.2, 0.25) is 0 Å². The molecule has 0 aromatic heterocycles. The minimum Gasteiger partial charge on any atom is -0.493 e. The molecule has 3 aromatic rings. The minimum atomic E-state index is -0.963. The van der Waals surface area contributed by atoms with Crippen LogP contribution in [0.3, 0.4) is 0 Å². The third kappa shape index (κ3) is 6.90. The second kappa shape index (κ2) is 13.3. The molecule has 1 fully saturated rings. The fraction of sp³-hybridized carbons (Fsp3) is 0.233. The lowest BCUT2D eigenvalue weighted by molar-refractivity contribution is -0.151. The normalized spacial score (nSPS) is 15.0. The van der Waals surface area contributed by atoms with Crippen molar-refractivity contribution in [2.24, 2.45) is 0 Å². The molecule has 1 heterocycles. The summed E-state index contributed by atoms with van der Waals surface area (Å²) < 4.78 is 18.1. The first-order valence-corrected chi connectivity index (χ1v) is 14.4. The van der Waals surface area contributed by atoms with Crippen LogP contribution in [0.4, 0.5) is 0 Å². The molecule has 1 unspecified atom stereocenters. The van der Waals surface area contributed by atoms with E-state index in [-0.39, 0.29) is 16.8 Å². The number of ether oxygens (including phenoxy) is 3. The van der Waals surface area contributed by atoms with E-state index in [1.54, 1.807) is 31.4 Å². The monoisotopic (exact) mass is 625 g/mol. The maximum absolute atomic E-state index is 13.6. The number of thiocarbonyl (C=S) groups is 1. The van der Waals surface area contributed by atoms with Crippen molar-refractivity contribution >= 4 is 62.2 Å². The second-order valence-corrected chi connectivity index (χ2v) is 11.4. The quantitative estimate of drug-likeness (QED) is 0.134. The van der Waals surface area contributed by atoms with Crippen molar-refractivity contribution in [3.8, 4) is 11.5 Å². The minimum absolute atomic E-state index is 0.263. The number of esters is 1. The van der Waals surface area contributed by atoms with Crippen LogP contribution < -0.4 is 9.47 Å². The lowest BCUT2D eigenvalue weighted by atomic mass is 10.1. The zero-order chi connectivity index (χ0) is 27.9. The molecular weight excluding hydrogens is 598 g/mol. The van der Waals surface area contributed by atoms with Gasteiger partial charge in [0.25, 0.3) is 5.91 Å². The van der Waals surface area contributed by atoms with E-state index in [0.717, 1.165) is 22.9 Å². The van der Waals surface area contributed by atoms with Gasteiger partial charge in [0.05, 0.1) is 23.1 Å². The molecule has 0 bridgehead atoms. The second-order valence-electron chi connectivity index (χ2n) is 8.84. The van der Waals surface area contributed by atoms with E-state index in [9.17, 15) is 9.59 Å². The average molecular weight is 627 g/mol. The number of hydrogen-bond donors (Lipinski definition) is 0. The Morgan fingerprint density at radius 2 is 1.90 bits per heavy atom. The predicted octanol–water partition coefficient (Wildman–Crippen LogP) is 7.24. The number of aryl methyl sites for hydroxylation is 1. The van der Waals surface area contributed by atoms with Gasteiger partial charge in [0.1, 0.15) is 10.9 Å². The number of methoxy groups -OCH3 is 1. The zero-order valence-corrected chi connectivity index (χ0v) is 25.0. The summed E-state index contributed by atoms with van der Waals surface area (Å²) in [7, 11) is 1.57. The topological polar surface area (TPSA) is 65.1 Å². The number of halogens is 1. The number of carbonyl (C=O) groups is 2. The Labute approximate surface area is 246 Å². The SMILES string of the molecule is CCCOC(=O)C(c1ccccc1)N1C(=O)/C(=C\c2cc(Br)c(OCc3cccc(C)c3)c(OC)c2)SC1=S. The van der Waals surface area contributed by atoms with Gasteiger partial charge in [-0.1, -0.05) is 91.1 Å². The molecular formula is C30H28BrNO5S2. The Kier molecular flexibility index (Phi) is 9.83. The standard InChI is InChI=1S/C30H28BrNO5S2/c1-4-13-36-29(34)26(22-11-6-5-7-12-22)32-28(33)25(39-30(32)38)17-21-15-23(31)27(24(16-21)35-3)37-18-20-10-8-9-19(2)14-20/h5-12,14-17,26H,4,13,18H2,1-3H3/b25-17+. The lowest BCUT2D eigenvalue weighted by Gasteiger charge is -2.25. The predicted molar refractivity (Wildman–Crippen MR) is 162 cm³/mol. The van der Waals surface area contributed by atoms with Gasteiger partial charge >= 0.3 is 5.97 Å². The summed E-state index contributed by atoms with van der Waals surface area (Å²) >= 11 is 10.3. The average Bonchev–Trinajstić information content (AvgIpc) is 3.19. The molecule has 9 heteroatoms.